The number of aliphatic carboxylic acids is 1. The average Bonchev–Trinajstić information content (AvgIpc) is 2.92. The van der Waals surface area contributed by atoms with Gasteiger partial charge in [-0.05, 0) is 81.3 Å². The third kappa shape index (κ3) is 3.33. The molecule has 0 saturated carbocycles. The van der Waals surface area contributed by atoms with Crippen LogP contribution >= 0.6 is 0 Å². The maximum absolute atomic E-state index is 11.2. The fourth-order valence-corrected chi connectivity index (χ4v) is 3.55. The maximum Gasteiger partial charge on any atom is 0.320 e. The molecule has 0 radical (unpaired) electrons. The van der Waals surface area contributed by atoms with Crippen LogP contribution < -0.4 is 0 Å². The maximum atomic E-state index is 11.2. The first-order valence-electron chi connectivity index (χ1n) is 8.05. The van der Waals surface area contributed by atoms with E-state index in [0.717, 1.165) is 29.7 Å². The van der Waals surface area contributed by atoms with Crippen LogP contribution in [0.25, 0.3) is 0 Å². The minimum atomic E-state index is -0.745. The fraction of sp³-hybridized carbons (Fsp3) is 0.611. The molecule has 1 aromatic rings. The van der Waals surface area contributed by atoms with Crippen molar-refractivity contribution in [3.05, 3.63) is 33.9 Å². The fourth-order valence-electron chi connectivity index (χ4n) is 3.55. The summed E-state index contributed by atoms with van der Waals surface area (Å²) < 4.78 is 0. The Balaban J connectivity index is 2.10. The molecule has 0 spiro atoms. The van der Waals surface area contributed by atoms with Crippen LogP contribution in [0.5, 0.6) is 0 Å². The molecule has 0 amide bonds. The van der Waals surface area contributed by atoms with Crippen LogP contribution in [0, 0.1) is 27.7 Å². The molecule has 1 aliphatic heterocycles. The summed E-state index contributed by atoms with van der Waals surface area (Å²) in [7, 11) is 0. The lowest BCUT2D eigenvalue weighted by atomic mass is 9.90. The summed E-state index contributed by atoms with van der Waals surface area (Å²) in [4.78, 5) is 13.2. The van der Waals surface area contributed by atoms with E-state index in [0.29, 0.717) is 19.4 Å². The standard InChI is InChI=1S/C18H27NO3/c1-11-10-12(2)14(4)17(13(11)3)16(20)7-9-19-8-5-6-15(19)18(21)22/h10,15-16,20H,5-9H2,1-4H3,(H,21,22). The summed E-state index contributed by atoms with van der Waals surface area (Å²) in [6.45, 7) is 9.68. The molecule has 2 rings (SSSR count). The van der Waals surface area contributed by atoms with Gasteiger partial charge in [0.15, 0.2) is 0 Å². The number of aliphatic hydroxyl groups excluding tert-OH is 1. The Hall–Kier alpha value is -1.39. The lowest BCUT2D eigenvalue weighted by Gasteiger charge is -2.25. The zero-order valence-electron chi connectivity index (χ0n) is 14.0. The molecule has 122 valence electrons. The van der Waals surface area contributed by atoms with Gasteiger partial charge in [0.1, 0.15) is 6.04 Å². The van der Waals surface area contributed by atoms with E-state index in [2.05, 4.69) is 33.8 Å². The summed E-state index contributed by atoms with van der Waals surface area (Å²) in [5.74, 6) is -0.745. The SMILES string of the molecule is Cc1cc(C)c(C)c(C(O)CCN2CCCC2C(=O)O)c1C. The van der Waals surface area contributed by atoms with E-state index >= 15 is 0 Å². The van der Waals surface area contributed by atoms with Gasteiger partial charge in [0.25, 0.3) is 0 Å². The van der Waals surface area contributed by atoms with Crippen LogP contribution in [0.2, 0.25) is 0 Å². The number of carbonyl (C=O) groups is 1. The van der Waals surface area contributed by atoms with Crippen molar-refractivity contribution in [3.8, 4) is 0 Å². The van der Waals surface area contributed by atoms with E-state index in [1.54, 1.807) is 0 Å². The lowest BCUT2D eigenvalue weighted by molar-refractivity contribution is -0.142. The number of nitrogens with zero attached hydrogens (tertiary/aromatic N) is 1. The molecule has 2 N–H and O–H groups in total. The third-order valence-electron chi connectivity index (χ3n) is 5.10. The van der Waals surface area contributed by atoms with E-state index in [1.165, 1.54) is 11.1 Å². The Kier molecular flexibility index (Phi) is 5.24. The summed E-state index contributed by atoms with van der Waals surface area (Å²) in [6.07, 6.45) is 1.68. The number of likely N-dealkylation sites (tertiary alicyclic amines) is 1. The number of aryl methyl sites for hydroxylation is 2. The van der Waals surface area contributed by atoms with Gasteiger partial charge < -0.3 is 10.2 Å². The van der Waals surface area contributed by atoms with Gasteiger partial charge in [-0.1, -0.05) is 6.07 Å². The number of carboxylic acid groups (broad SMARTS) is 1. The van der Waals surface area contributed by atoms with Crippen molar-refractivity contribution in [2.24, 2.45) is 0 Å². The van der Waals surface area contributed by atoms with Gasteiger partial charge in [0.2, 0.25) is 0 Å². The van der Waals surface area contributed by atoms with Gasteiger partial charge in [0, 0.05) is 6.54 Å². The molecule has 1 heterocycles. The van der Waals surface area contributed by atoms with Crippen molar-refractivity contribution < 1.29 is 15.0 Å². The van der Waals surface area contributed by atoms with E-state index in [1.807, 2.05) is 4.90 Å². The smallest absolute Gasteiger partial charge is 0.320 e. The van der Waals surface area contributed by atoms with Crippen LogP contribution in [0.3, 0.4) is 0 Å². The number of benzene rings is 1. The minimum Gasteiger partial charge on any atom is -0.480 e. The second-order valence-electron chi connectivity index (χ2n) is 6.51. The largest absolute Gasteiger partial charge is 0.480 e. The minimum absolute atomic E-state index is 0.381. The zero-order chi connectivity index (χ0) is 16.4. The van der Waals surface area contributed by atoms with Crippen LogP contribution in [0.1, 0.15) is 53.2 Å². The average molecular weight is 305 g/mol. The molecular formula is C18H27NO3. The highest BCUT2D eigenvalue weighted by molar-refractivity contribution is 5.73. The van der Waals surface area contributed by atoms with Crippen molar-refractivity contribution in [3.63, 3.8) is 0 Å². The van der Waals surface area contributed by atoms with E-state index < -0.39 is 12.1 Å². The second-order valence-corrected chi connectivity index (χ2v) is 6.51. The molecule has 0 aliphatic carbocycles. The van der Waals surface area contributed by atoms with Crippen LogP contribution in [0.4, 0.5) is 0 Å². The Morgan fingerprint density at radius 3 is 2.41 bits per heavy atom. The highest BCUT2D eigenvalue weighted by Gasteiger charge is 2.30. The van der Waals surface area contributed by atoms with E-state index in [-0.39, 0.29) is 6.04 Å². The van der Waals surface area contributed by atoms with Crippen molar-refractivity contribution in [1.29, 1.82) is 0 Å². The first-order valence-corrected chi connectivity index (χ1v) is 8.05. The molecule has 1 fully saturated rings. The van der Waals surface area contributed by atoms with Gasteiger partial charge >= 0.3 is 5.97 Å². The molecule has 2 unspecified atom stereocenters. The van der Waals surface area contributed by atoms with Gasteiger partial charge in [-0.15, -0.1) is 0 Å². The summed E-state index contributed by atoms with van der Waals surface area (Å²) in [5.41, 5.74) is 5.70. The molecule has 0 aromatic heterocycles. The van der Waals surface area contributed by atoms with Gasteiger partial charge in [0.05, 0.1) is 6.10 Å². The first kappa shape index (κ1) is 17.0. The van der Waals surface area contributed by atoms with Crippen LogP contribution in [0.15, 0.2) is 6.07 Å². The highest BCUT2D eigenvalue weighted by Crippen LogP contribution is 2.30. The van der Waals surface area contributed by atoms with Crippen LogP contribution in [-0.4, -0.2) is 40.2 Å². The first-order chi connectivity index (χ1) is 10.3. The van der Waals surface area contributed by atoms with Gasteiger partial charge in [-0.25, -0.2) is 0 Å². The van der Waals surface area contributed by atoms with Crippen molar-refractivity contribution in [1.82, 2.24) is 4.90 Å². The predicted octanol–water partition coefficient (Wildman–Crippen LogP) is 2.89. The molecule has 22 heavy (non-hydrogen) atoms. The van der Waals surface area contributed by atoms with Crippen molar-refractivity contribution in [2.75, 3.05) is 13.1 Å². The molecule has 4 heteroatoms. The molecule has 1 saturated heterocycles. The Labute approximate surface area is 132 Å². The number of carboxylic acids is 1. The normalized spacial score (nSPS) is 20.3. The summed E-state index contributed by atoms with van der Waals surface area (Å²) in [6, 6.07) is 1.77. The second kappa shape index (κ2) is 6.80. The number of hydrogen-bond acceptors (Lipinski definition) is 3. The van der Waals surface area contributed by atoms with Crippen molar-refractivity contribution in [2.45, 2.75) is 59.1 Å². The topological polar surface area (TPSA) is 60.8 Å². The van der Waals surface area contributed by atoms with Gasteiger partial charge in [-0.2, -0.15) is 0 Å². The highest BCUT2D eigenvalue weighted by atomic mass is 16.4. The molecule has 4 nitrogen and oxygen atoms in total. The Morgan fingerprint density at radius 1 is 1.27 bits per heavy atom. The molecule has 1 aromatic carbocycles. The monoisotopic (exact) mass is 305 g/mol. The quantitative estimate of drug-likeness (QED) is 0.878. The predicted molar refractivity (Wildman–Crippen MR) is 87.2 cm³/mol. The molecule has 0 bridgehead atoms. The van der Waals surface area contributed by atoms with Gasteiger partial charge in [-0.3, -0.25) is 9.69 Å². The summed E-state index contributed by atoms with van der Waals surface area (Å²) in [5, 5.41) is 19.9. The third-order valence-corrected chi connectivity index (χ3v) is 5.10. The number of aliphatic hydroxyl groups is 1. The Morgan fingerprint density at radius 2 is 1.86 bits per heavy atom. The number of hydrogen-bond donors (Lipinski definition) is 2. The zero-order valence-corrected chi connectivity index (χ0v) is 14.0. The van der Waals surface area contributed by atoms with Crippen molar-refractivity contribution >= 4 is 5.97 Å². The molecule has 2 atom stereocenters. The number of rotatable bonds is 5. The molecule has 1 aliphatic rings. The molecular weight excluding hydrogens is 278 g/mol. The van der Waals surface area contributed by atoms with Crippen LogP contribution in [-0.2, 0) is 4.79 Å². The van der Waals surface area contributed by atoms with E-state index in [9.17, 15) is 15.0 Å². The summed E-state index contributed by atoms with van der Waals surface area (Å²) >= 11 is 0. The Bertz CT molecular complexity index is 542. The lowest BCUT2D eigenvalue weighted by Crippen LogP contribution is -2.37. The van der Waals surface area contributed by atoms with E-state index in [4.69, 9.17) is 0 Å².